The van der Waals surface area contributed by atoms with Gasteiger partial charge < -0.3 is 14.3 Å². The van der Waals surface area contributed by atoms with Gasteiger partial charge in [0.05, 0.1) is 11.0 Å². The van der Waals surface area contributed by atoms with E-state index in [9.17, 15) is 0 Å². The largest absolute Gasteiger partial charge is 0.456 e. The lowest BCUT2D eigenvalue weighted by Crippen LogP contribution is -2.44. The summed E-state index contributed by atoms with van der Waals surface area (Å²) in [5.41, 5.74) is 11.0. The summed E-state index contributed by atoms with van der Waals surface area (Å²) in [6.45, 7) is 0. The standard InChI is InChI=1S/C51H34N4OS/c1-3-12-31(13-4-1)49-52-50(32-14-5-2-6-15-32)54-51(53-49)34-23-26-40-41-19-11-18-36(48(41)57-47(40)29-34)33-22-25-39-42-30-35(24-27-45(42)56-46(39)28-33)55-43-20-9-7-16-37(43)38-17-8-10-21-44(38)55/h1-30,49,51,53H,(H,52,54). The van der Waals surface area contributed by atoms with Crippen molar-refractivity contribution in [3.63, 3.8) is 0 Å². The monoisotopic (exact) mass is 750 g/mol. The summed E-state index contributed by atoms with van der Waals surface area (Å²) >= 11 is 1.85. The second kappa shape index (κ2) is 12.8. The molecule has 12 rings (SSSR count). The van der Waals surface area contributed by atoms with Gasteiger partial charge in [0.2, 0.25) is 0 Å². The minimum atomic E-state index is -0.175. The van der Waals surface area contributed by atoms with Crippen LogP contribution in [-0.2, 0) is 0 Å². The van der Waals surface area contributed by atoms with E-state index in [1.165, 1.54) is 53.1 Å². The fraction of sp³-hybridized carbons (Fsp3) is 0.0392. The smallest absolute Gasteiger partial charge is 0.136 e. The van der Waals surface area contributed by atoms with Crippen LogP contribution < -0.4 is 10.6 Å². The average Bonchev–Trinajstić information content (AvgIpc) is 3.95. The maximum Gasteiger partial charge on any atom is 0.136 e. The first kappa shape index (κ1) is 32.3. The zero-order valence-corrected chi connectivity index (χ0v) is 31.5. The van der Waals surface area contributed by atoms with Crippen LogP contribution in [0, 0.1) is 0 Å². The molecule has 3 aromatic heterocycles. The molecule has 57 heavy (non-hydrogen) atoms. The van der Waals surface area contributed by atoms with Gasteiger partial charge >= 0.3 is 0 Å². The summed E-state index contributed by atoms with van der Waals surface area (Å²) in [6.07, 6.45) is -0.297. The van der Waals surface area contributed by atoms with E-state index in [2.05, 4.69) is 185 Å². The molecule has 270 valence electrons. The van der Waals surface area contributed by atoms with Crippen LogP contribution in [0.3, 0.4) is 0 Å². The fourth-order valence-corrected chi connectivity index (χ4v) is 10.1. The minimum Gasteiger partial charge on any atom is -0.456 e. The van der Waals surface area contributed by atoms with Crippen LogP contribution in [0.2, 0.25) is 0 Å². The molecule has 1 aliphatic heterocycles. The fourth-order valence-electron chi connectivity index (χ4n) is 8.77. The third-order valence-electron chi connectivity index (χ3n) is 11.5. The van der Waals surface area contributed by atoms with Gasteiger partial charge in [-0.25, -0.2) is 4.99 Å². The molecule has 0 radical (unpaired) electrons. The maximum absolute atomic E-state index is 6.57. The Morgan fingerprint density at radius 1 is 0.509 bits per heavy atom. The number of amidine groups is 1. The van der Waals surface area contributed by atoms with E-state index >= 15 is 0 Å². The van der Waals surface area contributed by atoms with Gasteiger partial charge in [-0.2, -0.15) is 0 Å². The SMILES string of the molecule is c1ccc(C2=NC(c3ccccc3)NC(c3ccc4c(c3)sc3c(-c5ccc6c(c5)oc5ccc(-n7c8ccccc8c8ccccc87)cc56)cccc34)N2)cc1. The number of hydrogen-bond acceptors (Lipinski definition) is 5. The number of nitrogens with one attached hydrogen (secondary N) is 2. The molecular weight excluding hydrogens is 717 g/mol. The van der Waals surface area contributed by atoms with Gasteiger partial charge in [0, 0.05) is 53.0 Å². The van der Waals surface area contributed by atoms with Crippen molar-refractivity contribution in [3.8, 4) is 16.8 Å². The van der Waals surface area contributed by atoms with Crippen LogP contribution in [0.15, 0.2) is 191 Å². The number of rotatable bonds is 5. The van der Waals surface area contributed by atoms with Crippen molar-refractivity contribution in [1.82, 2.24) is 15.2 Å². The molecule has 5 nitrogen and oxygen atoms in total. The van der Waals surface area contributed by atoms with Crippen LogP contribution in [0.4, 0.5) is 0 Å². The summed E-state index contributed by atoms with van der Waals surface area (Å²) < 4.78 is 11.5. The van der Waals surface area contributed by atoms with Crippen LogP contribution in [0.5, 0.6) is 0 Å². The van der Waals surface area contributed by atoms with Crippen molar-refractivity contribution in [1.29, 1.82) is 0 Å². The molecule has 0 aliphatic carbocycles. The molecule has 11 aromatic rings. The quantitative estimate of drug-likeness (QED) is 0.184. The van der Waals surface area contributed by atoms with Crippen molar-refractivity contribution in [3.05, 3.63) is 199 Å². The number of benzene rings is 8. The first-order valence-corrected chi connectivity index (χ1v) is 20.2. The van der Waals surface area contributed by atoms with E-state index in [0.717, 1.165) is 50.2 Å². The van der Waals surface area contributed by atoms with Crippen molar-refractivity contribution in [2.24, 2.45) is 4.99 Å². The number of aromatic nitrogens is 1. The molecular formula is C51H34N4OS. The molecule has 0 saturated carbocycles. The summed E-state index contributed by atoms with van der Waals surface area (Å²) in [4.78, 5) is 5.10. The number of fused-ring (bicyclic) bond motifs is 9. The number of para-hydroxylation sites is 2. The molecule has 0 saturated heterocycles. The number of aliphatic imine (C=N–C) groups is 1. The Labute approximate surface area is 332 Å². The van der Waals surface area contributed by atoms with Gasteiger partial charge in [0.15, 0.2) is 0 Å². The topological polar surface area (TPSA) is 54.5 Å². The summed E-state index contributed by atoms with van der Waals surface area (Å²) in [5.74, 6) is 0.885. The van der Waals surface area contributed by atoms with Gasteiger partial charge in [-0.3, -0.25) is 5.32 Å². The lowest BCUT2D eigenvalue weighted by molar-refractivity contribution is 0.409. The highest BCUT2D eigenvalue weighted by molar-refractivity contribution is 7.26. The molecule has 2 unspecified atom stereocenters. The van der Waals surface area contributed by atoms with Crippen molar-refractivity contribution >= 4 is 81.1 Å². The first-order valence-electron chi connectivity index (χ1n) is 19.3. The molecule has 0 amide bonds. The Bertz CT molecular complexity index is 3320. The van der Waals surface area contributed by atoms with Gasteiger partial charge in [-0.05, 0) is 70.8 Å². The van der Waals surface area contributed by atoms with E-state index in [-0.39, 0.29) is 12.3 Å². The Kier molecular flexibility index (Phi) is 7.24. The Morgan fingerprint density at radius 3 is 2.04 bits per heavy atom. The highest BCUT2D eigenvalue weighted by Gasteiger charge is 2.26. The second-order valence-corrected chi connectivity index (χ2v) is 15.9. The van der Waals surface area contributed by atoms with Crippen molar-refractivity contribution < 1.29 is 4.42 Å². The molecule has 6 heteroatoms. The number of thiophene rings is 1. The van der Waals surface area contributed by atoms with Crippen molar-refractivity contribution in [2.45, 2.75) is 12.3 Å². The first-order chi connectivity index (χ1) is 28.2. The predicted molar refractivity (Wildman–Crippen MR) is 238 cm³/mol. The third kappa shape index (κ3) is 5.22. The average molecular weight is 751 g/mol. The molecule has 0 bridgehead atoms. The minimum absolute atomic E-state index is 0.122. The molecule has 8 aromatic carbocycles. The maximum atomic E-state index is 6.57. The second-order valence-electron chi connectivity index (χ2n) is 14.8. The third-order valence-corrected chi connectivity index (χ3v) is 12.7. The number of furan rings is 1. The van der Waals surface area contributed by atoms with E-state index in [1.54, 1.807) is 0 Å². The lowest BCUT2D eigenvalue weighted by atomic mass is 10.0. The zero-order chi connectivity index (χ0) is 37.5. The van der Waals surface area contributed by atoms with Gasteiger partial charge in [-0.1, -0.05) is 133 Å². The Morgan fingerprint density at radius 2 is 1.23 bits per heavy atom. The summed E-state index contributed by atoms with van der Waals surface area (Å²) in [6, 6.07) is 64.9. The van der Waals surface area contributed by atoms with Crippen LogP contribution in [0.1, 0.15) is 29.0 Å². The molecule has 0 fully saturated rings. The predicted octanol–water partition coefficient (Wildman–Crippen LogP) is 13.1. The van der Waals surface area contributed by atoms with E-state index < -0.39 is 0 Å². The van der Waals surface area contributed by atoms with Crippen LogP contribution in [0.25, 0.3) is 80.7 Å². The number of hydrogen-bond donors (Lipinski definition) is 2. The number of nitrogens with zero attached hydrogens (tertiary/aromatic N) is 2. The van der Waals surface area contributed by atoms with Gasteiger partial charge in [0.1, 0.15) is 29.3 Å². The molecule has 1 aliphatic rings. The van der Waals surface area contributed by atoms with Gasteiger partial charge in [-0.15, -0.1) is 11.3 Å². The van der Waals surface area contributed by atoms with Gasteiger partial charge in [0.25, 0.3) is 0 Å². The molecule has 4 heterocycles. The summed E-state index contributed by atoms with van der Waals surface area (Å²) in [5, 5.41) is 14.7. The lowest BCUT2D eigenvalue weighted by Gasteiger charge is -2.32. The zero-order valence-electron chi connectivity index (χ0n) is 30.7. The van der Waals surface area contributed by atoms with Crippen molar-refractivity contribution in [2.75, 3.05) is 0 Å². The Balaban J connectivity index is 0.922. The highest BCUT2D eigenvalue weighted by Crippen LogP contribution is 2.43. The van der Waals surface area contributed by atoms with E-state index in [4.69, 9.17) is 9.41 Å². The highest BCUT2D eigenvalue weighted by atomic mass is 32.1. The molecule has 2 N–H and O–H groups in total. The molecule has 2 atom stereocenters. The van der Waals surface area contributed by atoms with E-state index in [0.29, 0.717) is 0 Å². The van der Waals surface area contributed by atoms with Crippen LogP contribution in [-0.4, -0.2) is 10.4 Å². The normalized spacial score (nSPS) is 15.9. The molecule has 0 spiro atoms. The summed E-state index contributed by atoms with van der Waals surface area (Å²) in [7, 11) is 0. The van der Waals surface area contributed by atoms with Crippen LogP contribution >= 0.6 is 11.3 Å². The Hall–Kier alpha value is -6.99. The van der Waals surface area contributed by atoms with E-state index in [1.807, 2.05) is 23.5 Å².